The molecule has 0 saturated heterocycles. The summed E-state index contributed by atoms with van der Waals surface area (Å²) in [5.41, 5.74) is -0.318. The molecule has 0 rings (SSSR count). The van der Waals surface area contributed by atoms with Crippen molar-refractivity contribution in [2.24, 2.45) is 0 Å². The van der Waals surface area contributed by atoms with Crippen LogP contribution in [0.15, 0.2) is 0 Å². The van der Waals surface area contributed by atoms with Gasteiger partial charge in [0.2, 0.25) is 0 Å². The molecule has 0 spiro atoms. The second kappa shape index (κ2) is 15.9. The van der Waals surface area contributed by atoms with Crippen molar-refractivity contribution < 1.29 is 9.53 Å². The van der Waals surface area contributed by atoms with Crippen LogP contribution in [0.5, 0.6) is 0 Å². The van der Waals surface area contributed by atoms with E-state index < -0.39 is 0 Å². The Kier molecular flexibility index (Phi) is 21.1. The number of rotatable bonds is 4. The highest BCUT2D eigenvalue weighted by Gasteiger charge is 2.07. The minimum Gasteiger partial charge on any atom is -0.462 e. The van der Waals surface area contributed by atoms with E-state index in [9.17, 15) is 4.79 Å². The molecule has 0 aromatic carbocycles. The van der Waals surface area contributed by atoms with Gasteiger partial charge in [0, 0.05) is 0 Å². The van der Waals surface area contributed by atoms with Gasteiger partial charge >= 0.3 is 0 Å². The van der Waals surface area contributed by atoms with Crippen molar-refractivity contribution in [2.75, 3.05) is 13.1 Å². The van der Waals surface area contributed by atoms with Gasteiger partial charge in [-0.3, -0.25) is 4.79 Å². The molecule has 0 fully saturated rings. The van der Waals surface area contributed by atoms with Gasteiger partial charge in [-0.2, -0.15) is 0 Å². The van der Waals surface area contributed by atoms with Crippen molar-refractivity contribution >= 4 is 6.47 Å². The lowest BCUT2D eigenvalue weighted by molar-refractivity contribution is -0.138. The van der Waals surface area contributed by atoms with Gasteiger partial charge in [-0.15, -0.1) is 0 Å². The zero-order chi connectivity index (χ0) is 12.7. The molecule has 0 aliphatic heterocycles. The summed E-state index contributed by atoms with van der Waals surface area (Å²) < 4.78 is 4.55. The molecule has 0 saturated carbocycles. The molecule has 0 bridgehead atoms. The number of hydrogen-bond acceptors (Lipinski definition) is 3. The molecule has 0 amide bonds. The average Bonchev–Trinajstić information content (AvgIpc) is 2.17. The van der Waals surface area contributed by atoms with E-state index in [0.717, 1.165) is 13.1 Å². The van der Waals surface area contributed by atoms with Gasteiger partial charge in [-0.1, -0.05) is 27.7 Å². The zero-order valence-corrected chi connectivity index (χ0v) is 11.5. The molecule has 94 valence electrons. The highest BCUT2D eigenvalue weighted by atomic mass is 16.5. The molecule has 0 atom stereocenters. The summed E-state index contributed by atoms with van der Waals surface area (Å²) in [5.74, 6) is 0. The standard InChI is InChI=1S/C5H13N.C5H10O2.C2H6/c1-3-5-6-4-2;1-5(2,3)7-4-6;1-2/h6H,3-5H2,1-2H3;4H,1-3H3;1-2H3. The Balaban J connectivity index is -0.000000166. The molecule has 0 aromatic heterocycles. The first-order chi connectivity index (χ1) is 6.97. The third-order valence-corrected chi connectivity index (χ3v) is 1.08. The summed E-state index contributed by atoms with van der Waals surface area (Å²) in [6.45, 7) is 16.5. The minimum absolute atomic E-state index is 0.318. The Morgan fingerprint density at radius 3 is 1.73 bits per heavy atom. The van der Waals surface area contributed by atoms with E-state index in [0.29, 0.717) is 6.47 Å². The monoisotopic (exact) mass is 219 g/mol. The molecule has 0 aromatic rings. The van der Waals surface area contributed by atoms with Crippen molar-refractivity contribution in [1.29, 1.82) is 0 Å². The summed E-state index contributed by atoms with van der Waals surface area (Å²) in [4.78, 5) is 9.60. The van der Waals surface area contributed by atoms with Crippen LogP contribution in [-0.4, -0.2) is 25.2 Å². The van der Waals surface area contributed by atoms with Crippen LogP contribution >= 0.6 is 0 Å². The summed E-state index contributed by atoms with van der Waals surface area (Å²) in [5, 5.41) is 3.20. The fraction of sp³-hybridized carbons (Fsp3) is 0.917. The van der Waals surface area contributed by atoms with Crippen LogP contribution in [0.25, 0.3) is 0 Å². The van der Waals surface area contributed by atoms with E-state index >= 15 is 0 Å². The van der Waals surface area contributed by atoms with Crippen molar-refractivity contribution in [2.45, 2.75) is 60.5 Å². The largest absolute Gasteiger partial charge is 0.462 e. The number of ether oxygens (including phenoxy) is 1. The Hall–Kier alpha value is -0.570. The van der Waals surface area contributed by atoms with Crippen LogP contribution in [0.2, 0.25) is 0 Å². The first-order valence-corrected chi connectivity index (χ1v) is 5.80. The average molecular weight is 219 g/mol. The fourth-order valence-corrected chi connectivity index (χ4v) is 0.498. The summed E-state index contributed by atoms with van der Waals surface area (Å²) in [6, 6.07) is 0. The van der Waals surface area contributed by atoms with Crippen molar-refractivity contribution in [3.05, 3.63) is 0 Å². The molecular formula is C12H29NO2. The Labute approximate surface area is 95.6 Å². The maximum atomic E-state index is 9.60. The lowest BCUT2D eigenvalue weighted by Crippen LogP contribution is -2.17. The molecule has 0 aliphatic carbocycles. The molecule has 0 radical (unpaired) electrons. The smallest absolute Gasteiger partial charge is 0.293 e. The van der Waals surface area contributed by atoms with Crippen LogP contribution < -0.4 is 5.32 Å². The van der Waals surface area contributed by atoms with E-state index in [1.807, 2.05) is 34.6 Å². The SMILES string of the molecule is CC.CC(C)(C)OC=O.CCCNCC. The molecule has 0 unspecified atom stereocenters. The Bertz CT molecular complexity index is 105. The first-order valence-electron chi connectivity index (χ1n) is 5.80. The maximum absolute atomic E-state index is 9.60. The summed E-state index contributed by atoms with van der Waals surface area (Å²) in [7, 11) is 0. The first kappa shape index (κ1) is 19.9. The van der Waals surface area contributed by atoms with Gasteiger partial charge in [-0.25, -0.2) is 0 Å². The second-order valence-corrected chi connectivity index (χ2v) is 3.68. The zero-order valence-electron chi connectivity index (χ0n) is 11.5. The van der Waals surface area contributed by atoms with Crippen molar-refractivity contribution in [3.63, 3.8) is 0 Å². The normalized spacial score (nSPS) is 9.00. The van der Waals surface area contributed by atoms with Crippen LogP contribution in [0.3, 0.4) is 0 Å². The maximum Gasteiger partial charge on any atom is 0.293 e. The quantitative estimate of drug-likeness (QED) is 0.583. The molecule has 0 heterocycles. The van der Waals surface area contributed by atoms with E-state index in [1.165, 1.54) is 6.42 Å². The topological polar surface area (TPSA) is 38.3 Å². The molecule has 1 N–H and O–H groups in total. The molecule has 15 heavy (non-hydrogen) atoms. The summed E-state index contributed by atoms with van der Waals surface area (Å²) >= 11 is 0. The molecule has 3 heteroatoms. The summed E-state index contributed by atoms with van der Waals surface area (Å²) in [6.07, 6.45) is 1.24. The van der Waals surface area contributed by atoms with Crippen molar-refractivity contribution in [1.82, 2.24) is 5.32 Å². The van der Waals surface area contributed by atoms with Gasteiger partial charge in [0.1, 0.15) is 5.60 Å². The van der Waals surface area contributed by atoms with Crippen LogP contribution in [0.4, 0.5) is 0 Å². The Morgan fingerprint density at radius 1 is 1.20 bits per heavy atom. The van der Waals surface area contributed by atoms with Gasteiger partial charge in [0.05, 0.1) is 0 Å². The van der Waals surface area contributed by atoms with E-state index in [-0.39, 0.29) is 5.60 Å². The van der Waals surface area contributed by atoms with Crippen molar-refractivity contribution in [3.8, 4) is 0 Å². The molecular weight excluding hydrogens is 190 g/mol. The number of hydrogen-bond donors (Lipinski definition) is 1. The number of carbonyl (C=O) groups excluding carboxylic acids is 1. The van der Waals surface area contributed by atoms with E-state index in [2.05, 4.69) is 23.9 Å². The number of nitrogens with one attached hydrogen (secondary N) is 1. The minimum atomic E-state index is -0.318. The fourth-order valence-electron chi connectivity index (χ4n) is 0.498. The van der Waals surface area contributed by atoms with Gasteiger partial charge in [0.15, 0.2) is 0 Å². The lowest BCUT2D eigenvalue weighted by Gasteiger charge is -2.14. The lowest BCUT2D eigenvalue weighted by atomic mass is 10.2. The van der Waals surface area contributed by atoms with E-state index in [4.69, 9.17) is 0 Å². The Morgan fingerprint density at radius 2 is 1.67 bits per heavy atom. The highest BCUT2D eigenvalue weighted by Crippen LogP contribution is 2.02. The second-order valence-electron chi connectivity index (χ2n) is 3.68. The van der Waals surface area contributed by atoms with Gasteiger partial charge < -0.3 is 10.1 Å². The third-order valence-electron chi connectivity index (χ3n) is 1.08. The highest BCUT2D eigenvalue weighted by molar-refractivity contribution is 5.37. The molecule has 3 nitrogen and oxygen atoms in total. The van der Waals surface area contributed by atoms with Crippen LogP contribution in [-0.2, 0) is 9.53 Å². The van der Waals surface area contributed by atoms with Gasteiger partial charge in [0.25, 0.3) is 6.47 Å². The predicted molar refractivity (Wildman–Crippen MR) is 67.1 cm³/mol. The van der Waals surface area contributed by atoms with E-state index in [1.54, 1.807) is 0 Å². The van der Waals surface area contributed by atoms with Crippen LogP contribution in [0, 0.1) is 0 Å². The molecule has 0 aliphatic rings. The number of carbonyl (C=O) groups is 1. The third kappa shape index (κ3) is 42.4. The van der Waals surface area contributed by atoms with Crippen LogP contribution in [0.1, 0.15) is 54.9 Å². The predicted octanol–water partition coefficient (Wildman–Crippen LogP) is 2.99. The van der Waals surface area contributed by atoms with Gasteiger partial charge in [-0.05, 0) is 40.3 Å².